The van der Waals surface area contributed by atoms with E-state index in [1.807, 2.05) is 11.3 Å². The van der Waals surface area contributed by atoms with Crippen molar-refractivity contribution < 1.29 is 0 Å². The predicted octanol–water partition coefficient (Wildman–Crippen LogP) is 3.18. The Labute approximate surface area is 66.2 Å². The van der Waals surface area contributed by atoms with E-state index in [9.17, 15) is 0 Å². The van der Waals surface area contributed by atoms with E-state index in [-0.39, 0.29) is 0 Å². The maximum absolute atomic E-state index is 2.19. The maximum Gasteiger partial charge on any atom is 0.00857 e. The van der Waals surface area contributed by atoms with Crippen LogP contribution in [-0.2, 0) is 6.42 Å². The zero-order chi connectivity index (χ0) is 7.40. The molecule has 0 radical (unpaired) electrons. The van der Waals surface area contributed by atoms with E-state index in [4.69, 9.17) is 0 Å². The van der Waals surface area contributed by atoms with Gasteiger partial charge >= 0.3 is 0 Å². The van der Waals surface area contributed by atoms with Gasteiger partial charge in [0.2, 0.25) is 0 Å². The van der Waals surface area contributed by atoms with Gasteiger partial charge in [-0.2, -0.15) is 0 Å². The van der Waals surface area contributed by atoms with Gasteiger partial charge in [0.1, 0.15) is 0 Å². The summed E-state index contributed by atoms with van der Waals surface area (Å²) in [5.74, 6) is 0. The van der Waals surface area contributed by atoms with E-state index in [2.05, 4.69) is 38.1 Å². The number of rotatable bonds is 2. The van der Waals surface area contributed by atoms with E-state index in [0.29, 0.717) is 0 Å². The zero-order valence-electron chi connectivity index (χ0n) is 6.42. The molecule has 1 aromatic heterocycles. The molecule has 10 heavy (non-hydrogen) atoms. The second-order valence-electron chi connectivity index (χ2n) is 2.29. The van der Waals surface area contributed by atoms with Crippen LogP contribution in [-0.4, -0.2) is 0 Å². The van der Waals surface area contributed by atoms with Gasteiger partial charge in [-0.3, -0.25) is 0 Å². The summed E-state index contributed by atoms with van der Waals surface area (Å²) in [5, 5.41) is 0. The lowest BCUT2D eigenvalue weighted by atomic mass is 10.3. The number of allylic oxidation sites excluding steroid dienone is 2. The molecule has 1 aromatic rings. The molecule has 0 saturated heterocycles. The van der Waals surface area contributed by atoms with Crippen molar-refractivity contribution in [3.05, 3.63) is 34.0 Å². The Bertz CT molecular complexity index is 220. The average molecular weight is 152 g/mol. The molecule has 1 heterocycles. The third-order valence-corrected chi connectivity index (χ3v) is 2.37. The van der Waals surface area contributed by atoms with Crippen LogP contribution < -0.4 is 0 Å². The Hall–Kier alpha value is -0.560. The third-order valence-electron chi connectivity index (χ3n) is 1.35. The lowest BCUT2D eigenvalue weighted by Crippen LogP contribution is -1.68. The molecule has 0 unspecified atom stereocenters. The van der Waals surface area contributed by atoms with Crippen molar-refractivity contribution in [2.75, 3.05) is 0 Å². The van der Waals surface area contributed by atoms with E-state index in [0.717, 1.165) is 6.42 Å². The summed E-state index contributed by atoms with van der Waals surface area (Å²) >= 11 is 1.88. The number of hydrogen-bond acceptors (Lipinski definition) is 1. The highest BCUT2D eigenvalue weighted by atomic mass is 32.1. The van der Waals surface area contributed by atoms with E-state index >= 15 is 0 Å². The molecule has 0 N–H and O–H groups in total. The number of hydrogen-bond donors (Lipinski definition) is 0. The fourth-order valence-electron chi connectivity index (χ4n) is 0.829. The van der Waals surface area contributed by atoms with Gasteiger partial charge in [0, 0.05) is 9.75 Å². The standard InChI is InChI=1S/C9H12S/c1-3-4-5-9-7-6-8(2)10-9/h3-4,6-7H,5H2,1-2H3/b4-3+. The minimum absolute atomic E-state index is 1.09. The van der Waals surface area contributed by atoms with Crippen LogP contribution in [0.3, 0.4) is 0 Å². The van der Waals surface area contributed by atoms with Gasteiger partial charge in [0.15, 0.2) is 0 Å². The molecule has 0 nitrogen and oxygen atoms in total. The first-order valence-corrected chi connectivity index (χ1v) is 4.31. The first-order chi connectivity index (χ1) is 4.83. The van der Waals surface area contributed by atoms with Crippen LogP contribution in [0.4, 0.5) is 0 Å². The van der Waals surface area contributed by atoms with Gasteiger partial charge < -0.3 is 0 Å². The molecule has 0 bridgehead atoms. The van der Waals surface area contributed by atoms with Crippen molar-refractivity contribution in [1.82, 2.24) is 0 Å². The summed E-state index contributed by atoms with van der Waals surface area (Å²) in [5.41, 5.74) is 0. The summed E-state index contributed by atoms with van der Waals surface area (Å²) < 4.78 is 0. The van der Waals surface area contributed by atoms with Crippen molar-refractivity contribution >= 4 is 11.3 Å². The molecule has 54 valence electrons. The van der Waals surface area contributed by atoms with Crippen LogP contribution >= 0.6 is 11.3 Å². The lowest BCUT2D eigenvalue weighted by molar-refractivity contribution is 1.33. The van der Waals surface area contributed by atoms with Gasteiger partial charge in [-0.05, 0) is 32.4 Å². The molecule has 0 aliphatic rings. The molecule has 0 aliphatic carbocycles. The number of aryl methyl sites for hydroxylation is 1. The van der Waals surface area contributed by atoms with Crippen LogP contribution in [0, 0.1) is 6.92 Å². The largest absolute Gasteiger partial charge is 0.145 e. The normalized spacial score (nSPS) is 11.0. The number of thiophene rings is 1. The Morgan fingerprint density at radius 1 is 1.50 bits per heavy atom. The molecule has 0 fully saturated rings. The Morgan fingerprint density at radius 3 is 2.80 bits per heavy atom. The molecule has 0 spiro atoms. The highest BCUT2D eigenvalue weighted by Crippen LogP contribution is 2.15. The van der Waals surface area contributed by atoms with Crippen LogP contribution in [0.25, 0.3) is 0 Å². The van der Waals surface area contributed by atoms with Gasteiger partial charge in [0.25, 0.3) is 0 Å². The minimum Gasteiger partial charge on any atom is -0.145 e. The van der Waals surface area contributed by atoms with Crippen molar-refractivity contribution in [3.63, 3.8) is 0 Å². The monoisotopic (exact) mass is 152 g/mol. The first-order valence-electron chi connectivity index (χ1n) is 3.49. The Morgan fingerprint density at radius 2 is 2.30 bits per heavy atom. The Kier molecular flexibility index (Phi) is 2.69. The fourth-order valence-corrected chi connectivity index (χ4v) is 1.69. The first kappa shape index (κ1) is 7.55. The van der Waals surface area contributed by atoms with Gasteiger partial charge in [0.05, 0.1) is 0 Å². The van der Waals surface area contributed by atoms with E-state index in [1.54, 1.807) is 0 Å². The van der Waals surface area contributed by atoms with Crippen LogP contribution in [0.15, 0.2) is 24.3 Å². The van der Waals surface area contributed by atoms with Crippen molar-refractivity contribution in [2.45, 2.75) is 20.3 Å². The minimum atomic E-state index is 1.09. The summed E-state index contributed by atoms with van der Waals surface area (Å²) in [6.07, 6.45) is 5.37. The molecule has 0 saturated carbocycles. The highest BCUT2D eigenvalue weighted by Gasteiger charge is 1.91. The average Bonchev–Trinajstić information content (AvgIpc) is 2.31. The molecule has 0 atom stereocenters. The maximum atomic E-state index is 2.19. The van der Waals surface area contributed by atoms with Crippen molar-refractivity contribution in [1.29, 1.82) is 0 Å². The summed E-state index contributed by atoms with van der Waals surface area (Å²) in [6.45, 7) is 4.20. The molecule has 1 rings (SSSR count). The SMILES string of the molecule is C/C=C/Cc1ccc(C)s1. The van der Waals surface area contributed by atoms with Crippen LogP contribution in [0.1, 0.15) is 16.7 Å². The fraction of sp³-hybridized carbons (Fsp3) is 0.333. The van der Waals surface area contributed by atoms with Crippen LogP contribution in [0.2, 0.25) is 0 Å². The van der Waals surface area contributed by atoms with Crippen molar-refractivity contribution in [3.8, 4) is 0 Å². The van der Waals surface area contributed by atoms with Crippen molar-refractivity contribution in [2.24, 2.45) is 0 Å². The highest BCUT2D eigenvalue weighted by molar-refractivity contribution is 7.11. The summed E-state index contributed by atoms with van der Waals surface area (Å²) in [6, 6.07) is 4.36. The molecule has 0 aromatic carbocycles. The van der Waals surface area contributed by atoms with Gasteiger partial charge in [-0.25, -0.2) is 0 Å². The quantitative estimate of drug-likeness (QED) is 0.571. The van der Waals surface area contributed by atoms with E-state index in [1.165, 1.54) is 9.75 Å². The Balaban J connectivity index is 2.58. The van der Waals surface area contributed by atoms with Crippen LogP contribution in [0.5, 0.6) is 0 Å². The summed E-state index contributed by atoms with van der Waals surface area (Å²) in [7, 11) is 0. The predicted molar refractivity (Wildman–Crippen MR) is 47.6 cm³/mol. The molecule has 0 aliphatic heterocycles. The smallest absolute Gasteiger partial charge is 0.00857 e. The third kappa shape index (κ3) is 1.99. The molecule has 0 amide bonds. The zero-order valence-corrected chi connectivity index (χ0v) is 7.24. The van der Waals surface area contributed by atoms with Gasteiger partial charge in [-0.1, -0.05) is 12.2 Å². The molecular formula is C9H12S. The van der Waals surface area contributed by atoms with E-state index < -0.39 is 0 Å². The second kappa shape index (κ2) is 3.57. The summed E-state index contributed by atoms with van der Waals surface area (Å²) in [4.78, 5) is 2.86. The molecule has 1 heteroatoms. The second-order valence-corrected chi connectivity index (χ2v) is 3.66. The lowest BCUT2D eigenvalue weighted by Gasteiger charge is -1.84. The molecular weight excluding hydrogens is 140 g/mol. The topological polar surface area (TPSA) is 0 Å². The van der Waals surface area contributed by atoms with Gasteiger partial charge in [-0.15, -0.1) is 11.3 Å².